The van der Waals surface area contributed by atoms with Crippen LogP contribution in [0.3, 0.4) is 0 Å². The number of hydrogen-bond acceptors (Lipinski definition) is 4. The summed E-state index contributed by atoms with van der Waals surface area (Å²) in [6.45, 7) is 2.15. The van der Waals surface area contributed by atoms with Gasteiger partial charge in [0.25, 0.3) is 0 Å². The molecule has 2 unspecified atom stereocenters. The Labute approximate surface area is 174 Å². The van der Waals surface area contributed by atoms with Gasteiger partial charge in [-0.25, -0.2) is 0 Å². The fourth-order valence-electron chi connectivity index (χ4n) is 2.73. The van der Waals surface area contributed by atoms with Crippen molar-refractivity contribution in [1.29, 1.82) is 0 Å². The molecule has 0 radical (unpaired) electrons. The van der Waals surface area contributed by atoms with Crippen LogP contribution in [0.1, 0.15) is 77.6 Å². The Balaban J connectivity index is 3.79. The first-order chi connectivity index (χ1) is 14.0. The molecular formula is C23H37NO5. The lowest BCUT2D eigenvalue weighted by molar-refractivity contribution is -0.524. The summed E-state index contributed by atoms with van der Waals surface area (Å²) in [6, 6.07) is -0.766. The van der Waals surface area contributed by atoms with Gasteiger partial charge >= 0.3 is 5.97 Å². The van der Waals surface area contributed by atoms with Crippen LogP contribution in [-0.2, 0) is 4.79 Å². The molecular weight excluding hydrogens is 370 g/mol. The van der Waals surface area contributed by atoms with E-state index in [-0.39, 0.29) is 23.9 Å². The Morgan fingerprint density at radius 1 is 0.966 bits per heavy atom. The summed E-state index contributed by atoms with van der Waals surface area (Å²) in [5.74, 6) is -0.991. The number of unbranched alkanes of at least 4 members (excludes halogenated alkanes) is 3. The van der Waals surface area contributed by atoms with Gasteiger partial charge in [0.2, 0.25) is 6.04 Å². The molecule has 0 aliphatic rings. The number of rotatable bonds is 18. The number of aliphatic hydroxyl groups excluding tert-OH is 1. The van der Waals surface area contributed by atoms with Crippen LogP contribution in [0, 0.1) is 10.1 Å². The third-order valence-electron chi connectivity index (χ3n) is 4.46. The molecule has 0 aliphatic heterocycles. The number of aliphatic hydroxyl groups is 1. The Hall–Kier alpha value is -2.21. The van der Waals surface area contributed by atoms with Gasteiger partial charge < -0.3 is 10.2 Å². The molecule has 0 amide bonds. The third kappa shape index (κ3) is 18.9. The van der Waals surface area contributed by atoms with Gasteiger partial charge in [0.1, 0.15) is 0 Å². The predicted molar refractivity (Wildman–Crippen MR) is 117 cm³/mol. The predicted octanol–water partition coefficient (Wildman–Crippen LogP) is 5.61. The van der Waals surface area contributed by atoms with Crippen LogP contribution >= 0.6 is 0 Å². The second kappa shape index (κ2) is 19.1. The van der Waals surface area contributed by atoms with E-state index in [1.54, 1.807) is 0 Å². The first-order valence-corrected chi connectivity index (χ1v) is 10.6. The average molecular weight is 408 g/mol. The summed E-state index contributed by atoms with van der Waals surface area (Å²) >= 11 is 0. The fourth-order valence-corrected chi connectivity index (χ4v) is 2.73. The highest BCUT2D eigenvalue weighted by atomic mass is 16.6. The van der Waals surface area contributed by atoms with E-state index in [4.69, 9.17) is 5.11 Å². The van der Waals surface area contributed by atoms with Gasteiger partial charge in [-0.05, 0) is 32.1 Å². The van der Waals surface area contributed by atoms with Crippen molar-refractivity contribution in [3.05, 3.63) is 58.7 Å². The zero-order valence-corrected chi connectivity index (χ0v) is 17.6. The lowest BCUT2D eigenvalue weighted by Gasteiger charge is -2.06. The molecule has 6 heteroatoms. The zero-order valence-electron chi connectivity index (χ0n) is 17.6. The number of carboxylic acid groups (broad SMARTS) is 1. The van der Waals surface area contributed by atoms with E-state index in [0.717, 1.165) is 44.9 Å². The first-order valence-electron chi connectivity index (χ1n) is 10.6. The zero-order chi connectivity index (χ0) is 21.7. The minimum atomic E-state index is -0.991. The molecule has 0 fully saturated rings. The van der Waals surface area contributed by atoms with E-state index in [1.807, 2.05) is 36.5 Å². The summed E-state index contributed by atoms with van der Waals surface area (Å²) in [5.41, 5.74) is 0. The Morgan fingerprint density at radius 3 is 2.31 bits per heavy atom. The van der Waals surface area contributed by atoms with E-state index < -0.39 is 12.0 Å². The fraction of sp³-hybridized carbons (Fsp3) is 0.609. The maximum absolute atomic E-state index is 10.9. The van der Waals surface area contributed by atoms with E-state index in [1.165, 1.54) is 0 Å². The molecule has 0 aromatic heterocycles. The van der Waals surface area contributed by atoms with Crippen LogP contribution in [0.4, 0.5) is 0 Å². The minimum absolute atomic E-state index is 0.0926. The number of nitrogens with zero attached hydrogens (tertiary/aromatic N) is 1. The normalized spacial score (nSPS) is 14.4. The van der Waals surface area contributed by atoms with Crippen LogP contribution in [0.5, 0.6) is 0 Å². The highest BCUT2D eigenvalue weighted by molar-refractivity contribution is 5.66. The largest absolute Gasteiger partial charge is 0.481 e. The molecule has 0 aromatic carbocycles. The number of carboxylic acids is 1. The van der Waals surface area contributed by atoms with Gasteiger partial charge in [-0.3, -0.25) is 14.9 Å². The van der Waals surface area contributed by atoms with Gasteiger partial charge in [0, 0.05) is 17.8 Å². The third-order valence-corrected chi connectivity index (χ3v) is 4.46. The molecule has 0 aliphatic carbocycles. The van der Waals surface area contributed by atoms with Crippen molar-refractivity contribution >= 4 is 5.97 Å². The maximum atomic E-state index is 10.9. The molecule has 2 N–H and O–H groups in total. The SMILES string of the molecule is CCCCCC(O)/C=C/C=C/C/C=C/C/C=C/CCCC(CCC(=O)O)[N+](=O)[O-]. The van der Waals surface area contributed by atoms with Crippen LogP contribution in [0.25, 0.3) is 0 Å². The quantitative estimate of drug-likeness (QED) is 0.101. The van der Waals surface area contributed by atoms with Crippen molar-refractivity contribution in [2.24, 2.45) is 0 Å². The molecule has 0 aromatic rings. The van der Waals surface area contributed by atoms with Gasteiger partial charge in [0.05, 0.1) is 12.5 Å². The first kappa shape index (κ1) is 26.8. The molecule has 0 heterocycles. The summed E-state index contributed by atoms with van der Waals surface area (Å²) in [5, 5.41) is 29.3. The van der Waals surface area contributed by atoms with E-state index in [9.17, 15) is 20.0 Å². The van der Waals surface area contributed by atoms with Gasteiger partial charge in [-0.1, -0.05) is 74.8 Å². The Bertz CT molecular complexity index is 551. The number of nitro groups is 1. The van der Waals surface area contributed by atoms with Crippen molar-refractivity contribution in [3.63, 3.8) is 0 Å². The van der Waals surface area contributed by atoms with Crippen LogP contribution < -0.4 is 0 Å². The molecule has 29 heavy (non-hydrogen) atoms. The second-order valence-corrected chi connectivity index (χ2v) is 7.09. The molecule has 0 rings (SSSR count). The summed E-state index contributed by atoms with van der Waals surface area (Å²) < 4.78 is 0. The molecule has 0 bridgehead atoms. The summed E-state index contributed by atoms with van der Waals surface area (Å²) in [7, 11) is 0. The van der Waals surface area contributed by atoms with Gasteiger partial charge in [0.15, 0.2) is 0 Å². The van der Waals surface area contributed by atoms with Crippen molar-refractivity contribution in [2.45, 2.75) is 89.7 Å². The topological polar surface area (TPSA) is 101 Å². The van der Waals surface area contributed by atoms with Crippen molar-refractivity contribution < 1.29 is 19.9 Å². The standard InChI is InChI=1S/C23H37NO5/c1-2-3-13-17-22(25)18-15-12-10-8-6-4-5-7-9-11-14-16-21(24(28)29)19-20-23(26)27/h4,6-7,9-10,12,15,18,21-22,25H,2-3,5,8,11,13-14,16-17,19-20H2,1H3,(H,26,27)/b6-4+,9-7+,12-10+,18-15+. The van der Waals surface area contributed by atoms with Crippen LogP contribution in [-0.4, -0.2) is 33.3 Å². The van der Waals surface area contributed by atoms with Gasteiger partial charge in [-0.15, -0.1) is 0 Å². The van der Waals surface area contributed by atoms with Crippen LogP contribution in [0.2, 0.25) is 0 Å². The van der Waals surface area contributed by atoms with Crippen molar-refractivity contribution in [2.75, 3.05) is 0 Å². The number of carbonyl (C=O) groups is 1. The van der Waals surface area contributed by atoms with E-state index in [0.29, 0.717) is 12.8 Å². The molecule has 6 nitrogen and oxygen atoms in total. The number of hydrogen-bond donors (Lipinski definition) is 2. The Kier molecular flexibility index (Phi) is 17.7. The molecule has 2 atom stereocenters. The number of allylic oxidation sites excluding steroid dienone is 7. The lowest BCUT2D eigenvalue weighted by Crippen LogP contribution is -2.20. The Morgan fingerprint density at radius 2 is 1.66 bits per heavy atom. The second-order valence-electron chi connectivity index (χ2n) is 7.09. The smallest absolute Gasteiger partial charge is 0.303 e. The van der Waals surface area contributed by atoms with Crippen LogP contribution in [0.15, 0.2) is 48.6 Å². The highest BCUT2D eigenvalue weighted by Gasteiger charge is 2.20. The van der Waals surface area contributed by atoms with Gasteiger partial charge in [-0.2, -0.15) is 0 Å². The highest BCUT2D eigenvalue weighted by Crippen LogP contribution is 2.11. The van der Waals surface area contributed by atoms with E-state index in [2.05, 4.69) is 19.1 Å². The van der Waals surface area contributed by atoms with Crippen molar-refractivity contribution in [3.8, 4) is 0 Å². The minimum Gasteiger partial charge on any atom is -0.481 e. The molecule has 0 saturated carbocycles. The molecule has 0 saturated heterocycles. The lowest BCUT2D eigenvalue weighted by atomic mass is 10.0. The maximum Gasteiger partial charge on any atom is 0.303 e. The molecule has 164 valence electrons. The summed E-state index contributed by atoms with van der Waals surface area (Å²) in [6.07, 6.45) is 23.1. The monoisotopic (exact) mass is 407 g/mol. The number of aliphatic carboxylic acids is 1. The molecule has 0 spiro atoms. The average Bonchev–Trinajstić information content (AvgIpc) is 2.67. The van der Waals surface area contributed by atoms with E-state index >= 15 is 0 Å². The summed E-state index contributed by atoms with van der Waals surface area (Å²) in [4.78, 5) is 21.0. The van der Waals surface area contributed by atoms with Crippen molar-refractivity contribution in [1.82, 2.24) is 0 Å².